The van der Waals surface area contributed by atoms with E-state index in [-0.39, 0.29) is 16.7 Å². The number of benzene rings is 2. The Kier molecular flexibility index (Phi) is 6.11. The molecule has 2 aromatic rings. The highest BCUT2D eigenvalue weighted by atomic mass is 16.6. The molecule has 0 aliphatic heterocycles. The lowest BCUT2D eigenvalue weighted by Gasteiger charge is -2.17. The molecular weight excluding hydrogens is 292 g/mol. The number of ether oxygens (including phenoxy) is 1. The van der Waals surface area contributed by atoms with Crippen LogP contribution < -0.4 is 10.1 Å². The Balaban J connectivity index is 2.06. The number of hydrogen-bond donors (Lipinski definition) is 1. The first kappa shape index (κ1) is 17.0. The second kappa shape index (κ2) is 8.29. The molecule has 5 nitrogen and oxygen atoms in total. The fourth-order valence-electron chi connectivity index (χ4n) is 2.51. The van der Waals surface area contributed by atoms with E-state index in [0.29, 0.717) is 13.2 Å². The van der Waals surface area contributed by atoms with Crippen molar-refractivity contribution in [3.63, 3.8) is 0 Å². The summed E-state index contributed by atoms with van der Waals surface area (Å²) < 4.78 is 5.50. The van der Waals surface area contributed by atoms with Gasteiger partial charge in [-0.3, -0.25) is 10.1 Å². The minimum atomic E-state index is -0.359. The number of non-ortho nitro benzene ring substituents is 1. The highest BCUT2D eigenvalue weighted by Gasteiger charge is 2.13. The van der Waals surface area contributed by atoms with Crippen LogP contribution in [0.5, 0.6) is 5.75 Å². The summed E-state index contributed by atoms with van der Waals surface area (Å²) in [5.74, 6) is 0.857. The topological polar surface area (TPSA) is 64.4 Å². The van der Waals surface area contributed by atoms with Gasteiger partial charge in [0, 0.05) is 24.7 Å². The molecule has 23 heavy (non-hydrogen) atoms. The van der Waals surface area contributed by atoms with Crippen molar-refractivity contribution in [3.8, 4) is 5.75 Å². The summed E-state index contributed by atoms with van der Waals surface area (Å²) in [7, 11) is 0. The van der Waals surface area contributed by atoms with Gasteiger partial charge in [-0.05, 0) is 36.6 Å². The molecule has 0 heterocycles. The average molecular weight is 314 g/mol. The van der Waals surface area contributed by atoms with Gasteiger partial charge in [0.05, 0.1) is 11.5 Å². The summed E-state index contributed by atoms with van der Waals surface area (Å²) in [6.45, 7) is 5.34. The molecular formula is C18H22N2O3. The van der Waals surface area contributed by atoms with Crippen molar-refractivity contribution >= 4 is 5.69 Å². The minimum Gasteiger partial charge on any atom is -0.494 e. The van der Waals surface area contributed by atoms with E-state index in [1.807, 2.05) is 37.3 Å². The summed E-state index contributed by atoms with van der Waals surface area (Å²) in [6.07, 6.45) is 0.853. The van der Waals surface area contributed by atoms with Gasteiger partial charge < -0.3 is 10.1 Å². The van der Waals surface area contributed by atoms with Crippen molar-refractivity contribution in [2.45, 2.75) is 32.9 Å². The molecule has 2 aromatic carbocycles. The van der Waals surface area contributed by atoms with Crippen LogP contribution >= 0.6 is 0 Å². The Labute approximate surface area is 136 Å². The summed E-state index contributed by atoms with van der Waals surface area (Å²) in [5, 5.41) is 14.4. The molecule has 0 fully saturated rings. The van der Waals surface area contributed by atoms with E-state index in [1.165, 1.54) is 6.07 Å². The molecule has 2 rings (SSSR count). The van der Waals surface area contributed by atoms with E-state index in [0.717, 1.165) is 23.3 Å². The predicted octanol–water partition coefficient (Wildman–Crippen LogP) is 4.23. The zero-order chi connectivity index (χ0) is 16.7. The maximum absolute atomic E-state index is 10.9. The Morgan fingerprint density at radius 2 is 1.96 bits per heavy atom. The number of hydrogen-bond acceptors (Lipinski definition) is 4. The monoisotopic (exact) mass is 314 g/mol. The molecule has 0 amide bonds. The van der Waals surface area contributed by atoms with E-state index in [2.05, 4.69) is 12.2 Å². The van der Waals surface area contributed by atoms with Gasteiger partial charge in [0.2, 0.25) is 0 Å². The lowest BCUT2D eigenvalue weighted by atomic mass is 10.0. The van der Waals surface area contributed by atoms with Crippen LogP contribution in [0, 0.1) is 10.1 Å². The zero-order valence-electron chi connectivity index (χ0n) is 13.5. The molecule has 0 aliphatic rings. The average Bonchev–Trinajstić information content (AvgIpc) is 2.56. The van der Waals surface area contributed by atoms with Gasteiger partial charge in [-0.1, -0.05) is 31.2 Å². The van der Waals surface area contributed by atoms with E-state index >= 15 is 0 Å². The molecule has 122 valence electrons. The van der Waals surface area contributed by atoms with Crippen LogP contribution in [-0.4, -0.2) is 11.5 Å². The van der Waals surface area contributed by atoms with Crippen molar-refractivity contribution in [2.24, 2.45) is 0 Å². The molecule has 0 aliphatic carbocycles. The number of nitro benzene ring substituents is 1. The fraction of sp³-hybridized carbons (Fsp3) is 0.333. The number of nitrogens with one attached hydrogen (secondary N) is 1. The van der Waals surface area contributed by atoms with Gasteiger partial charge in [0.25, 0.3) is 5.69 Å². The molecule has 0 radical (unpaired) electrons. The van der Waals surface area contributed by atoms with Crippen LogP contribution in [0.4, 0.5) is 5.69 Å². The molecule has 1 N–H and O–H groups in total. The third-order valence-electron chi connectivity index (χ3n) is 3.65. The maximum Gasteiger partial charge on any atom is 0.269 e. The molecule has 0 aromatic heterocycles. The van der Waals surface area contributed by atoms with Gasteiger partial charge in [-0.15, -0.1) is 0 Å². The Bertz CT molecular complexity index is 658. The first-order chi connectivity index (χ1) is 11.1. The van der Waals surface area contributed by atoms with E-state index < -0.39 is 0 Å². The first-order valence-corrected chi connectivity index (χ1v) is 7.83. The van der Waals surface area contributed by atoms with Gasteiger partial charge in [0.1, 0.15) is 5.75 Å². The third-order valence-corrected chi connectivity index (χ3v) is 3.65. The smallest absolute Gasteiger partial charge is 0.269 e. The lowest BCUT2D eigenvalue weighted by Crippen LogP contribution is -2.20. The Morgan fingerprint density at radius 1 is 1.17 bits per heavy atom. The van der Waals surface area contributed by atoms with Crippen molar-refractivity contribution in [2.75, 3.05) is 6.61 Å². The quantitative estimate of drug-likeness (QED) is 0.585. The first-order valence-electron chi connectivity index (χ1n) is 7.83. The van der Waals surface area contributed by atoms with E-state index in [9.17, 15) is 10.1 Å². The summed E-state index contributed by atoms with van der Waals surface area (Å²) in [4.78, 5) is 10.6. The van der Waals surface area contributed by atoms with Crippen LogP contribution in [-0.2, 0) is 6.54 Å². The van der Waals surface area contributed by atoms with Gasteiger partial charge in [-0.25, -0.2) is 0 Å². The van der Waals surface area contributed by atoms with Gasteiger partial charge >= 0.3 is 0 Å². The van der Waals surface area contributed by atoms with Gasteiger partial charge in [-0.2, -0.15) is 0 Å². The standard InChI is InChI=1S/C18H22N2O3/c1-3-18(15-8-6-9-16(12-15)20(21)22)19-13-14-7-5-10-17(11-14)23-4-2/h5-12,18-19H,3-4,13H2,1-2H3. The van der Waals surface area contributed by atoms with Crippen LogP contribution in [0.2, 0.25) is 0 Å². The SMILES string of the molecule is CCOc1cccc(CNC(CC)c2cccc([N+](=O)[O-])c2)c1. The summed E-state index contributed by atoms with van der Waals surface area (Å²) >= 11 is 0. The van der Waals surface area contributed by atoms with Crippen LogP contribution in [0.1, 0.15) is 37.4 Å². The molecule has 1 unspecified atom stereocenters. The van der Waals surface area contributed by atoms with E-state index in [1.54, 1.807) is 12.1 Å². The highest BCUT2D eigenvalue weighted by Crippen LogP contribution is 2.22. The van der Waals surface area contributed by atoms with Crippen LogP contribution in [0.3, 0.4) is 0 Å². The summed E-state index contributed by atoms with van der Waals surface area (Å²) in [6, 6.07) is 14.8. The maximum atomic E-state index is 10.9. The molecule has 0 saturated carbocycles. The molecule has 5 heteroatoms. The third kappa shape index (κ3) is 4.79. The zero-order valence-corrected chi connectivity index (χ0v) is 13.5. The largest absolute Gasteiger partial charge is 0.494 e. The molecule has 0 spiro atoms. The fourth-order valence-corrected chi connectivity index (χ4v) is 2.51. The van der Waals surface area contributed by atoms with E-state index in [4.69, 9.17) is 4.74 Å². The molecule has 0 bridgehead atoms. The Morgan fingerprint density at radius 3 is 2.65 bits per heavy atom. The second-order valence-electron chi connectivity index (χ2n) is 5.27. The highest BCUT2D eigenvalue weighted by molar-refractivity contribution is 5.36. The van der Waals surface area contributed by atoms with Crippen molar-refractivity contribution in [1.29, 1.82) is 0 Å². The Hall–Kier alpha value is -2.40. The predicted molar refractivity (Wildman–Crippen MR) is 90.6 cm³/mol. The summed E-state index contributed by atoms with van der Waals surface area (Å²) in [5.41, 5.74) is 2.18. The number of nitrogens with zero attached hydrogens (tertiary/aromatic N) is 1. The minimum absolute atomic E-state index is 0.0747. The van der Waals surface area contributed by atoms with Crippen molar-refractivity contribution < 1.29 is 9.66 Å². The lowest BCUT2D eigenvalue weighted by molar-refractivity contribution is -0.384. The van der Waals surface area contributed by atoms with Gasteiger partial charge in [0.15, 0.2) is 0 Å². The van der Waals surface area contributed by atoms with Crippen molar-refractivity contribution in [3.05, 3.63) is 69.8 Å². The normalized spacial score (nSPS) is 11.9. The van der Waals surface area contributed by atoms with Crippen molar-refractivity contribution in [1.82, 2.24) is 5.32 Å². The molecule has 0 saturated heterocycles. The van der Waals surface area contributed by atoms with Crippen LogP contribution in [0.25, 0.3) is 0 Å². The number of nitro groups is 1. The molecule has 1 atom stereocenters. The number of rotatable bonds is 8. The second-order valence-corrected chi connectivity index (χ2v) is 5.27. The van der Waals surface area contributed by atoms with Crippen LogP contribution in [0.15, 0.2) is 48.5 Å².